The Kier molecular flexibility index (Phi) is 3.47. The molecule has 1 rings (SSSR count). The molecule has 1 nitrogen and oxygen atoms in total. The molecule has 1 unspecified atom stereocenters. The quantitative estimate of drug-likeness (QED) is 0.566. The van der Waals surface area contributed by atoms with Crippen LogP contribution in [0, 0.1) is 0 Å². The maximum atomic E-state index is 10.3. The van der Waals surface area contributed by atoms with Crippen LogP contribution >= 0.6 is 0 Å². The van der Waals surface area contributed by atoms with E-state index >= 15 is 0 Å². The lowest BCUT2D eigenvalue weighted by Gasteiger charge is -2.22. The SMILES string of the molecule is C=C=CC(O)(CC=C)c1ccccc1. The molecule has 1 aromatic carbocycles. The van der Waals surface area contributed by atoms with Crippen molar-refractivity contribution in [1.29, 1.82) is 0 Å². The van der Waals surface area contributed by atoms with Gasteiger partial charge in [0.25, 0.3) is 0 Å². The van der Waals surface area contributed by atoms with Gasteiger partial charge in [-0.2, -0.15) is 0 Å². The molecular weight excluding hydrogens is 172 g/mol. The summed E-state index contributed by atoms with van der Waals surface area (Å²) in [6.45, 7) is 7.10. The van der Waals surface area contributed by atoms with Crippen LogP contribution in [0.1, 0.15) is 12.0 Å². The van der Waals surface area contributed by atoms with Crippen molar-refractivity contribution in [3.63, 3.8) is 0 Å². The Morgan fingerprint density at radius 2 is 2.00 bits per heavy atom. The van der Waals surface area contributed by atoms with Crippen LogP contribution in [0.5, 0.6) is 0 Å². The summed E-state index contributed by atoms with van der Waals surface area (Å²) in [7, 11) is 0. The Labute approximate surface area is 84.7 Å². The molecule has 1 heteroatoms. The van der Waals surface area contributed by atoms with Crippen LogP contribution in [0.25, 0.3) is 0 Å². The summed E-state index contributed by atoms with van der Waals surface area (Å²) in [4.78, 5) is 0. The van der Waals surface area contributed by atoms with Crippen molar-refractivity contribution in [2.45, 2.75) is 12.0 Å². The fourth-order valence-corrected chi connectivity index (χ4v) is 1.38. The van der Waals surface area contributed by atoms with E-state index in [0.29, 0.717) is 6.42 Å². The molecule has 0 aromatic heterocycles. The fraction of sp³-hybridized carbons (Fsp3) is 0.154. The highest BCUT2D eigenvalue weighted by Crippen LogP contribution is 2.26. The first-order chi connectivity index (χ1) is 6.73. The van der Waals surface area contributed by atoms with Gasteiger partial charge >= 0.3 is 0 Å². The van der Waals surface area contributed by atoms with Crippen molar-refractivity contribution in [2.75, 3.05) is 0 Å². The van der Waals surface area contributed by atoms with Crippen LogP contribution in [-0.2, 0) is 5.60 Å². The lowest BCUT2D eigenvalue weighted by atomic mass is 9.90. The van der Waals surface area contributed by atoms with E-state index in [-0.39, 0.29) is 0 Å². The third-order valence-corrected chi connectivity index (χ3v) is 2.07. The van der Waals surface area contributed by atoms with Crippen LogP contribution in [0.15, 0.2) is 61.4 Å². The lowest BCUT2D eigenvalue weighted by Crippen LogP contribution is -2.21. The van der Waals surface area contributed by atoms with Crippen molar-refractivity contribution in [3.05, 3.63) is 66.9 Å². The van der Waals surface area contributed by atoms with E-state index in [9.17, 15) is 5.11 Å². The van der Waals surface area contributed by atoms with Crippen LogP contribution in [0.2, 0.25) is 0 Å². The smallest absolute Gasteiger partial charge is 0.118 e. The van der Waals surface area contributed by atoms with Crippen LogP contribution in [0.3, 0.4) is 0 Å². The van der Waals surface area contributed by atoms with E-state index in [4.69, 9.17) is 0 Å². The predicted molar refractivity (Wildman–Crippen MR) is 58.9 cm³/mol. The standard InChI is InChI=1S/C13H14O/c1-3-10-13(14,11-4-2)12-8-6-5-7-9-12/h3,5-9,11,14H,1-2,10H2. The first-order valence-electron chi connectivity index (χ1n) is 4.49. The Balaban J connectivity index is 3.11. The minimum Gasteiger partial charge on any atom is -0.380 e. The average molecular weight is 186 g/mol. The summed E-state index contributed by atoms with van der Waals surface area (Å²) in [5, 5.41) is 10.3. The van der Waals surface area contributed by atoms with Gasteiger partial charge in [-0.1, -0.05) is 43.0 Å². The Morgan fingerprint density at radius 1 is 1.36 bits per heavy atom. The number of rotatable bonds is 4. The molecule has 1 N–H and O–H groups in total. The van der Waals surface area contributed by atoms with Gasteiger partial charge < -0.3 is 5.11 Å². The van der Waals surface area contributed by atoms with Gasteiger partial charge in [-0.05, 0) is 11.6 Å². The zero-order chi connectivity index (χ0) is 10.4. The molecule has 0 saturated carbocycles. The van der Waals surface area contributed by atoms with Gasteiger partial charge in [0.15, 0.2) is 0 Å². The molecule has 0 spiro atoms. The van der Waals surface area contributed by atoms with E-state index in [1.165, 1.54) is 0 Å². The van der Waals surface area contributed by atoms with Crippen molar-refractivity contribution in [2.24, 2.45) is 0 Å². The Morgan fingerprint density at radius 3 is 2.50 bits per heavy atom. The molecule has 0 radical (unpaired) electrons. The molecule has 1 atom stereocenters. The third kappa shape index (κ3) is 2.23. The monoisotopic (exact) mass is 186 g/mol. The Bertz CT molecular complexity index is 347. The summed E-state index contributed by atoms with van der Waals surface area (Å²) in [6, 6.07) is 9.44. The van der Waals surface area contributed by atoms with E-state index < -0.39 is 5.60 Å². The molecule has 0 amide bonds. The topological polar surface area (TPSA) is 20.2 Å². The fourth-order valence-electron chi connectivity index (χ4n) is 1.38. The molecule has 0 heterocycles. The van der Waals surface area contributed by atoms with E-state index in [1.54, 1.807) is 12.2 Å². The molecule has 1 aromatic rings. The second kappa shape index (κ2) is 4.61. The maximum absolute atomic E-state index is 10.3. The molecular formula is C13H14O. The lowest BCUT2D eigenvalue weighted by molar-refractivity contribution is 0.0932. The normalized spacial score (nSPS) is 13.8. The summed E-state index contributed by atoms with van der Waals surface area (Å²) < 4.78 is 0. The van der Waals surface area contributed by atoms with E-state index in [2.05, 4.69) is 18.9 Å². The maximum Gasteiger partial charge on any atom is 0.118 e. The highest BCUT2D eigenvalue weighted by molar-refractivity contribution is 5.27. The molecule has 14 heavy (non-hydrogen) atoms. The molecule has 0 aliphatic rings. The summed E-state index contributed by atoms with van der Waals surface area (Å²) in [6.07, 6.45) is 3.70. The van der Waals surface area contributed by atoms with Crippen molar-refractivity contribution in [3.8, 4) is 0 Å². The second-order valence-corrected chi connectivity index (χ2v) is 3.13. The zero-order valence-electron chi connectivity index (χ0n) is 8.11. The minimum atomic E-state index is -1.02. The number of aliphatic hydroxyl groups is 1. The summed E-state index contributed by atoms with van der Waals surface area (Å²) in [5.41, 5.74) is 2.43. The van der Waals surface area contributed by atoms with Crippen LogP contribution in [0.4, 0.5) is 0 Å². The summed E-state index contributed by atoms with van der Waals surface area (Å²) >= 11 is 0. The zero-order valence-corrected chi connectivity index (χ0v) is 8.11. The molecule has 0 fully saturated rings. The van der Waals surface area contributed by atoms with Crippen molar-refractivity contribution < 1.29 is 5.11 Å². The van der Waals surface area contributed by atoms with E-state index in [1.807, 2.05) is 30.3 Å². The van der Waals surface area contributed by atoms with Crippen LogP contribution < -0.4 is 0 Å². The molecule has 0 aliphatic carbocycles. The van der Waals surface area contributed by atoms with Gasteiger partial charge in [-0.25, -0.2) is 0 Å². The minimum absolute atomic E-state index is 0.458. The Hall–Kier alpha value is -1.56. The van der Waals surface area contributed by atoms with Gasteiger partial charge in [0, 0.05) is 6.42 Å². The van der Waals surface area contributed by atoms with Gasteiger partial charge in [-0.3, -0.25) is 0 Å². The molecule has 72 valence electrons. The van der Waals surface area contributed by atoms with Gasteiger partial charge in [-0.15, -0.1) is 12.3 Å². The molecule has 0 bridgehead atoms. The van der Waals surface area contributed by atoms with Crippen LogP contribution in [-0.4, -0.2) is 5.11 Å². The van der Waals surface area contributed by atoms with Crippen molar-refractivity contribution in [1.82, 2.24) is 0 Å². The number of hydrogen-bond donors (Lipinski definition) is 1. The highest BCUT2D eigenvalue weighted by Gasteiger charge is 2.23. The van der Waals surface area contributed by atoms with Gasteiger partial charge in [0.05, 0.1) is 0 Å². The second-order valence-electron chi connectivity index (χ2n) is 3.13. The highest BCUT2D eigenvalue weighted by atomic mass is 16.3. The largest absolute Gasteiger partial charge is 0.380 e. The van der Waals surface area contributed by atoms with E-state index in [0.717, 1.165) is 5.56 Å². The first-order valence-corrected chi connectivity index (χ1v) is 4.49. The predicted octanol–water partition coefficient (Wildman–Crippen LogP) is 2.79. The number of benzene rings is 1. The number of hydrogen-bond acceptors (Lipinski definition) is 1. The summed E-state index contributed by atoms with van der Waals surface area (Å²) in [5.74, 6) is 0. The van der Waals surface area contributed by atoms with Crippen molar-refractivity contribution >= 4 is 0 Å². The molecule has 0 saturated heterocycles. The first kappa shape index (κ1) is 10.5. The molecule has 0 aliphatic heterocycles. The third-order valence-electron chi connectivity index (χ3n) is 2.07. The average Bonchev–Trinajstić information content (AvgIpc) is 2.20. The van der Waals surface area contributed by atoms with Gasteiger partial charge in [0.2, 0.25) is 0 Å². The van der Waals surface area contributed by atoms with Gasteiger partial charge in [0.1, 0.15) is 5.60 Å².